The molecule has 5 heteroatoms. The Balaban J connectivity index is 0.00000200. The van der Waals surface area contributed by atoms with Crippen LogP contribution in [0.2, 0.25) is 0 Å². The first kappa shape index (κ1) is 16.4. The van der Waals surface area contributed by atoms with Gasteiger partial charge in [0.2, 0.25) is 0 Å². The molecular weight excluding hydrogens is 278 g/mol. The van der Waals surface area contributed by atoms with E-state index in [4.69, 9.17) is 9.47 Å². The molecule has 0 radical (unpaired) electrons. The molecule has 1 aliphatic carbocycles. The van der Waals surface area contributed by atoms with Gasteiger partial charge >= 0.3 is 5.97 Å². The zero-order valence-electron chi connectivity index (χ0n) is 11.8. The number of allylic oxidation sites excluding steroid dienone is 1. The van der Waals surface area contributed by atoms with Crippen molar-refractivity contribution < 1.29 is 14.3 Å². The van der Waals surface area contributed by atoms with Crippen molar-refractivity contribution in [1.82, 2.24) is 5.32 Å². The maximum atomic E-state index is 11.3. The lowest BCUT2D eigenvalue weighted by Crippen LogP contribution is -2.25. The summed E-state index contributed by atoms with van der Waals surface area (Å²) in [7, 11) is 1.67. The number of rotatable bonds is 5. The molecule has 0 aliphatic heterocycles. The van der Waals surface area contributed by atoms with Crippen LogP contribution in [-0.2, 0) is 16.0 Å². The quantitative estimate of drug-likeness (QED) is 0.849. The summed E-state index contributed by atoms with van der Waals surface area (Å²) >= 11 is 0. The van der Waals surface area contributed by atoms with Gasteiger partial charge in [-0.3, -0.25) is 4.79 Å². The van der Waals surface area contributed by atoms with E-state index in [0.717, 1.165) is 24.3 Å². The number of carbonyl (C=O) groups excluding carboxylic acids is 1. The van der Waals surface area contributed by atoms with E-state index in [1.165, 1.54) is 11.1 Å². The lowest BCUT2D eigenvalue weighted by Gasteiger charge is -2.18. The highest BCUT2D eigenvalue weighted by Crippen LogP contribution is 2.26. The second kappa shape index (κ2) is 7.80. The number of aryl methyl sites for hydroxylation is 1. The van der Waals surface area contributed by atoms with Crippen LogP contribution >= 0.6 is 12.4 Å². The highest BCUT2D eigenvalue weighted by molar-refractivity contribution is 5.85. The lowest BCUT2D eigenvalue weighted by atomic mass is 9.95. The predicted octanol–water partition coefficient (Wildman–Crippen LogP) is 2.56. The Morgan fingerprint density at radius 3 is 2.85 bits per heavy atom. The number of esters is 1. The van der Waals surface area contributed by atoms with Crippen LogP contribution in [0.5, 0.6) is 5.75 Å². The second-order valence-corrected chi connectivity index (χ2v) is 4.39. The van der Waals surface area contributed by atoms with E-state index in [-0.39, 0.29) is 24.9 Å². The van der Waals surface area contributed by atoms with Gasteiger partial charge in [-0.25, -0.2) is 0 Å². The molecule has 1 N–H and O–H groups in total. The van der Waals surface area contributed by atoms with Gasteiger partial charge < -0.3 is 14.8 Å². The first-order valence-electron chi connectivity index (χ1n) is 6.50. The Kier molecular flexibility index (Phi) is 6.39. The normalized spacial score (nSPS) is 12.6. The minimum Gasteiger partial charge on any atom is -0.497 e. The van der Waals surface area contributed by atoms with Crippen molar-refractivity contribution >= 4 is 24.5 Å². The number of hydrogen-bond donors (Lipinski definition) is 1. The lowest BCUT2D eigenvalue weighted by molar-refractivity contribution is -0.141. The number of halogens is 1. The van der Waals surface area contributed by atoms with E-state index in [9.17, 15) is 4.79 Å². The molecule has 0 amide bonds. The van der Waals surface area contributed by atoms with E-state index < -0.39 is 0 Å². The van der Waals surface area contributed by atoms with Crippen LogP contribution in [0.3, 0.4) is 0 Å². The molecule has 2 rings (SSSR count). The third-order valence-corrected chi connectivity index (χ3v) is 3.11. The molecule has 0 heterocycles. The summed E-state index contributed by atoms with van der Waals surface area (Å²) in [5, 5.41) is 3.13. The average Bonchev–Trinajstić information content (AvgIpc) is 2.44. The van der Waals surface area contributed by atoms with E-state index in [2.05, 4.69) is 17.5 Å². The Morgan fingerprint density at radius 2 is 2.15 bits per heavy atom. The summed E-state index contributed by atoms with van der Waals surface area (Å²) in [6.45, 7) is 2.45. The second-order valence-electron chi connectivity index (χ2n) is 4.39. The van der Waals surface area contributed by atoms with Gasteiger partial charge in [0.15, 0.2) is 0 Å². The summed E-state index contributed by atoms with van der Waals surface area (Å²) in [6, 6.07) is 6.05. The molecule has 0 atom stereocenters. The van der Waals surface area contributed by atoms with E-state index in [1.807, 2.05) is 12.1 Å². The van der Waals surface area contributed by atoms with Gasteiger partial charge in [-0.15, -0.1) is 12.4 Å². The topological polar surface area (TPSA) is 47.6 Å². The summed E-state index contributed by atoms with van der Waals surface area (Å²) in [4.78, 5) is 11.3. The Bertz CT molecular complexity index is 500. The monoisotopic (exact) mass is 297 g/mol. The van der Waals surface area contributed by atoms with Gasteiger partial charge in [-0.05, 0) is 49.1 Å². The van der Waals surface area contributed by atoms with Crippen LogP contribution in [0.25, 0.3) is 6.08 Å². The standard InChI is InChI=1S/C15H19NO3.ClH/c1-3-19-15(17)10-16-13-6-4-12-9-14(18-2)7-5-11(12)8-13;/h5,7-9,16H,3-4,6,10H2,1-2H3;1H. The minimum atomic E-state index is -0.219. The molecular formula is C15H20ClNO3. The van der Waals surface area contributed by atoms with Crippen molar-refractivity contribution in [1.29, 1.82) is 0 Å². The molecule has 0 bridgehead atoms. The molecule has 0 unspecified atom stereocenters. The summed E-state index contributed by atoms with van der Waals surface area (Å²) in [5.41, 5.74) is 3.53. The van der Waals surface area contributed by atoms with Crippen molar-refractivity contribution in [2.24, 2.45) is 0 Å². The molecule has 0 fully saturated rings. The van der Waals surface area contributed by atoms with E-state index in [0.29, 0.717) is 6.61 Å². The maximum Gasteiger partial charge on any atom is 0.325 e. The van der Waals surface area contributed by atoms with Gasteiger partial charge in [0.1, 0.15) is 12.3 Å². The average molecular weight is 298 g/mol. The summed E-state index contributed by atoms with van der Waals surface area (Å²) in [5.74, 6) is 0.666. The molecule has 0 spiro atoms. The Labute approximate surface area is 125 Å². The highest BCUT2D eigenvalue weighted by Gasteiger charge is 2.12. The van der Waals surface area contributed by atoms with E-state index in [1.54, 1.807) is 14.0 Å². The molecule has 1 aromatic rings. The van der Waals surface area contributed by atoms with Crippen LogP contribution in [-0.4, -0.2) is 26.2 Å². The zero-order valence-corrected chi connectivity index (χ0v) is 12.6. The molecule has 1 aliphatic rings. The third-order valence-electron chi connectivity index (χ3n) is 3.11. The molecule has 20 heavy (non-hydrogen) atoms. The Morgan fingerprint density at radius 1 is 1.35 bits per heavy atom. The van der Waals surface area contributed by atoms with E-state index >= 15 is 0 Å². The number of benzene rings is 1. The van der Waals surface area contributed by atoms with Gasteiger partial charge in [0.25, 0.3) is 0 Å². The first-order chi connectivity index (χ1) is 9.22. The number of methoxy groups -OCH3 is 1. The molecule has 4 nitrogen and oxygen atoms in total. The van der Waals surface area contributed by atoms with Crippen molar-refractivity contribution in [2.75, 3.05) is 20.3 Å². The van der Waals surface area contributed by atoms with Crippen LogP contribution in [0.4, 0.5) is 0 Å². The van der Waals surface area contributed by atoms with Crippen molar-refractivity contribution in [2.45, 2.75) is 19.8 Å². The van der Waals surface area contributed by atoms with Crippen molar-refractivity contribution in [3.63, 3.8) is 0 Å². The van der Waals surface area contributed by atoms with Gasteiger partial charge in [0, 0.05) is 5.70 Å². The fraction of sp³-hybridized carbons (Fsp3) is 0.400. The predicted molar refractivity (Wildman–Crippen MR) is 81.2 cm³/mol. The van der Waals surface area contributed by atoms with Gasteiger partial charge in [-0.1, -0.05) is 6.07 Å². The highest BCUT2D eigenvalue weighted by atomic mass is 35.5. The summed E-state index contributed by atoms with van der Waals surface area (Å²) < 4.78 is 10.1. The number of carbonyl (C=O) groups is 1. The number of fused-ring (bicyclic) bond motifs is 1. The molecule has 0 aromatic heterocycles. The molecule has 110 valence electrons. The van der Waals surface area contributed by atoms with Gasteiger partial charge in [0.05, 0.1) is 13.7 Å². The van der Waals surface area contributed by atoms with Crippen LogP contribution in [0.1, 0.15) is 24.5 Å². The fourth-order valence-corrected chi connectivity index (χ4v) is 2.13. The summed E-state index contributed by atoms with van der Waals surface area (Å²) in [6.07, 6.45) is 3.94. The van der Waals surface area contributed by atoms with Gasteiger partial charge in [-0.2, -0.15) is 0 Å². The maximum absolute atomic E-state index is 11.3. The number of nitrogens with one attached hydrogen (secondary N) is 1. The van der Waals surface area contributed by atoms with Crippen LogP contribution in [0.15, 0.2) is 23.9 Å². The smallest absolute Gasteiger partial charge is 0.325 e. The minimum absolute atomic E-state index is 0. The van der Waals surface area contributed by atoms with Crippen LogP contribution in [0, 0.1) is 0 Å². The number of ether oxygens (including phenoxy) is 2. The molecule has 0 saturated carbocycles. The van der Waals surface area contributed by atoms with Crippen molar-refractivity contribution in [3.8, 4) is 5.75 Å². The molecule has 0 saturated heterocycles. The van der Waals surface area contributed by atoms with Crippen molar-refractivity contribution in [3.05, 3.63) is 35.0 Å². The first-order valence-corrected chi connectivity index (χ1v) is 6.50. The third kappa shape index (κ3) is 4.17. The zero-order chi connectivity index (χ0) is 13.7. The number of hydrogen-bond acceptors (Lipinski definition) is 4. The fourth-order valence-electron chi connectivity index (χ4n) is 2.13. The van der Waals surface area contributed by atoms with Crippen LogP contribution < -0.4 is 10.1 Å². The Hall–Kier alpha value is -1.68. The molecule has 1 aromatic carbocycles. The largest absolute Gasteiger partial charge is 0.497 e. The SMILES string of the molecule is CCOC(=O)CNC1=Cc2ccc(OC)cc2CC1.Cl.